The lowest BCUT2D eigenvalue weighted by Crippen LogP contribution is -2.33. The van der Waals surface area contributed by atoms with Crippen molar-refractivity contribution in [1.82, 2.24) is 0 Å². The Balaban J connectivity index is 2.26. The van der Waals surface area contributed by atoms with Crippen LogP contribution in [0.25, 0.3) is 0 Å². The van der Waals surface area contributed by atoms with Crippen LogP contribution in [0.1, 0.15) is 25.3 Å². The van der Waals surface area contributed by atoms with Crippen molar-refractivity contribution >= 4 is 23.2 Å². The van der Waals surface area contributed by atoms with Crippen molar-refractivity contribution in [2.45, 2.75) is 26.7 Å². The Morgan fingerprint density at radius 3 is 1.54 bits per heavy atom. The number of hydrogen-bond donors (Lipinski definition) is 0. The van der Waals surface area contributed by atoms with E-state index in [2.05, 4.69) is 98.8 Å². The van der Waals surface area contributed by atoms with Crippen molar-refractivity contribution in [3.8, 4) is 0 Å². The van der Waals surface area contributed by atoms with Gasteiger partial charge in [-0.3, -0.25) is 0 Å². The van der Waals surface area contributed by atoms with Crippen LogP contribution in [0, 0.1) is 6.92 Å². The maximum atomic E-state index is 2.36. The molecule has 0 aliphatic carbocycles. The minimum atomic E-state index is -1.59. The second-order valence-corrected chi connectivity index (χ2v) is 10.0. The second kappa shape index (κ2) is 7.77. The van der Waals surface area contributed by atoms with Gasteiger partial charge in [-0.15, -0.1) is 0 Å². The topological polar surface area (TPSA) is 0 Å². The van der Waals surface area contributed by atoms with Gasteiger partial charge < -0.3 is 0 Å². The first kappa shape index (κ1) is 16.9. The van der Waals surface area contributed by atoms with Crippen molar-refractivity contribution in [3.05, 3.63) is 90.5 Å². The van der Waals surface area contributed by atoms with Gasteiger partial charge in [0.1, 0.15) is 23.2 Å². The molecule has 0 N–H and O–H groups in total. The predicted octanol–water partition coefficient (Wildman–Crippen LogP) is 5.09. The minimum Gasteiger partial charge on any atom is -0.0652 e. The molecule has 0 heterocycles. The summed E-state index contributed by atoms with van der Waals surface area (Å²) >= 11 is 0. The molecule has 3 aromatic rings. The lowest BCUT2D eigenvalue weighted by atomic mass is 10.2. The summed E-state index contributed by atoms with van der Waals surface area (Å²) in [5, 5.41) is 4.49. The molecule has 0 atom stereocenters. The lowest BCUT2D eigenvalue weighted by Gasteiger charge is -2.27. The van der Waals surface area contributed by atoms with E-state index in [1.165, 1.54) is 40.5 Å². The molecule has 3 aromatic carbocycles. The summed E-state index contributed by atoms with van der Waals surface area (Å²) in [6.45, 7) is 4.46. The van der Waals surface area contributed by atoms with E-state index in [-0.39, 0.29) is 0 Å². The summed E-state index contributed by atoms with van der Waals surface area (Å²) in [6, 6.07) is 31.6. The first-order valence-electron chi connectivity index (χ1n) is 8.84. The van der Waals surface area contributed by atoms with Gasteiger partial charge in [-0.05, 0) is 49.7 Å². The smallest absolute Gasteiger partial charge is 0.0652 e. The number of unbranched alkanes of at least 4 members (excludes halogenated alkanes) is 1. The standard InChI is InChI=1S/C23H26P/c1-3-4-19-24(21-11-7-5-8-12-21,22-13-9-6-10-14-22)23-17-15-20(2)16-18-23/h5-18H,3-4,19H2,1-2H3/q+1. The average Bonchev–Trinajstić information content (AvgIpc) is 2.65. The highest BCUT2D eigenvalue weighted by molar-refractivity contribution is 7.95. The zero-order valence-corrected chi connectivity index (χ0v) is 15.5. The van der Waals surface area contributed by atoms with E-state index in [9.17, 15) is 0 Å². The monoisotopic (exact) mass is 333 g/mol. The van der Waals surface area contributed by atoms with E-state index in [0.717, 1.165) is 0 Å². The highest BCUT2D eigenvalue weighted by Crippen LogP contribution is 2.55. The fourth-order valence-corrected chi connectivity index (χ4v) is 7.87. The maximum Gasteiger partial charge on any atom is 0.112 e. The van der Waals surface area contributed by atoms with Crippen molar-refractivity contribution in [2.24, 2.45) is 0 Å². The summed E-state index contributed by atoms with van der Waals surface area (Å²) in [6.07, 6.45) is 3.72. The SMILES string of the molecule is CCCC[P+](c1ccccc1)(c1ccccc1)c1ccc(C)cc1. The summed E-state index contributed by atoms with van der Waals surface area (Å²) < 4.78 is 0. The van der Waals surface area contributed by atoms with Crippen LogP contribution in [0.5, 0.6) is 0 Å². The van der Waals surface area contributed by atoms with Gasteiger partial charge in [-0.1, -0.05) is 67.4 Å². The lowest BCUT2D eigenvalue weighted by molar-refractivity contribution is 0.891. The molecule has 0 unspecified atom stereocenters. The molecule has 0 spiro atoms. The van der Waals surface area contributed by atoms with Crippen LogP contribution in [-0.4, -0.2) is 6.16 Å². The predicted molar refractivity (Wildman–Crippen MR) is 110 cm³/mol. The molecule has 0 aromatic heterocycles. The Kier molecular flexibility index (Phi) is 5.48. The van der Waals surface area contributed by atoms with Gasteiger partial charge in [-0.25, -0.2) is 0 Å². The molecule has 1 heteroatoms. The fraction of sp³-hybridized carbons (Fsp3) is 0.217. The molecule has 122 valence electrons. The van der Waals surface area contributed by atoms with Crippen LogP contribution >= 0.6 is 7.26 Å². The summed E-state index contributed by atoms with van der Waals surface area (Å²) in [5.41, 5.74) is 1.33. The van der Waals surface area contributed by atoms with E-state index in [1.54, 1.807) is 0 Å². The van der Waals surface area contributed by atoms with Crippen LogP contribution in [0.3, 0.4) is 0 Å². The number of rotatable bonds is 6. The van der Waals surface area contributed by atoms with Crippen molar-refractivity contribution in [2.75, 3.05) is 6.16 Å². The summed E-state index contributed by atoms with van der Waals surface area (Å²) in [5.74, 6) is 0. The Bertz CT molecular complexity index is 706. The largest absolute Gasteiger partial charge is 0.112 e. The first-order chi connectivity index (χ1) is 11.8. The molecule has 0 bridgehead atoms. The number of aryl methyl sites for hydroxylation is 1. The minimum absolute atomic E-state index is 1.23. The van der Waals surface area contributed by atoms with Gasteiger partial charge in [0.2, 0.25) is 0 Å². The van der Waals surface area contributed by atoms with Gasteiger partial charge in [0, 0.05) is 0 Å². The van der Waals surface area contributed by atoms with Gasteiger partial charge in [0.05, 0.1) is 6.16 Å². The fourth-order valence-electron chi connectivity index (χ4n) is 3.39. The number of hydrogen-bond acceptors (Lipinski definition) is 0. The molecule has 0 amide bonds. The number of benzene rings is 3. The van der Waals surface area contributed by atoms with Crippen LogP contribution in [0.4, 0.5) is 0 Å². The van der Waals surface area contributed by atoms with E-state index >= 15 is 0 Å². The Morgan fingerprint density at radius 1 is 0.625 bits per heavy atom. The molecule has 0 radical (unpaired) electrons. The van der Waals surface area contributed by atoms with Gasteiger partial charge >= 0.3 is 0 Å². The molecular weight excluding hydrogens is 307 g/mol. The zero-order chi connectivity index (χ0) is 16.8. The first-order valence-corrected chi connectivity index (χ1v) is 10.8. The molecule has 3 rings (SSSR count). The molecule has 0 fully saturated rings. The van der Waals surface area contributed by atoms with Crippen molar-refractivity contribution < 1.29 is 0 Å². The Hall–Kier alpha value is -1.91. The third-order valence-corrected chi connectivity index (χ3v) is 9.24. The van der Waals surface area contributed by atoms with E-state index in [4.69, 9.17) is 0 Å². The highest BCUT2D eigenvalue weighted by atomic mass is 31.2. The Labute approximate surface area is 146 Å². The summed E-state index contributed by atoms with van der Waals surface area (Å²) in [7, 11) is -1.59. The van der Waals surface area contributed by atoms with Crippen LogP contribution in [0.15, 0.2) is 84.9 Å². The molecule has 0 saturated carbocycles. The van der Waals surface area contributed by atoms with E-state index in [0.29, 0.717) is 0 Å². The van der Waals surface area contributed by atoms with Gasteiger partial charge in [-0.2, -0.15) is 0 Å². The zero-order valence-electron chi connectivity index (χ0n) is 14.7. The Morgan fingerprint density at radius 2 is 1.08 bits per heavy atom. The molecule has 0 saturated heterocycles. The molecule has 0 aliphatic rings. The van der Waals surface area contributed by atoms with E-state index < -0.39 is 7.26 Å². The van der Waals surface area contributed by atoms with Crippen LogP contribution < -0.4 is 15.9 Å². The molecule has 0 nitrogen and oxygen atoms in total. The third-order valence-electron chi connectivity index (χ3n) is 4.72. The van der Waals surface area contributed by atoms with Gasteiger partial charge in [0.15, 0.2) is 0 Å². The normalized spacial score (nSPS) is 11.4. The highest BCUT2D eigenvalue weighted by Gasteiger charge is 2.44. The second-order valence-electron chi connectivity index (χ2n) is 6.39. The van der Waals surface area contributed by atoms with Crippen LogP contribution in [-0.2, 0) is 0 Å². The van der Waals surface area contributed by atoms with Crippen LogP contribution in [0.2, 0.25) is 0 Å². The molecule has 24 heavy (non-hydrogen) atoms. The average molecular weight is 333 g/mol. The quantitative estimate of drug-likeness (QED) is 0.551. The summed E-state index contributed by atoms with van der Waals surface area (Å²) in [4.78, 5) is 0. The van der Waals surface area contributed by atoms with Crippen molar-refractivity contribution in [3.63, 3.8) is 0 Å². The molecular formula is C23H26P+. The van der Waals surface area contributed by atoms with E-state index in [1.807, 2.05) is 0 Å². The third kappa shape index (κ3) is 3.30. The maximum absolute atomic E-state index is 2.36. The van der Waals surface area contributed by atoms with Crippen molar-refractivity contribution in [1.29, 1.82) is 0 Å². The van der Waals surface area contributed by atoms with Gasteiger partial charge in [0.25, 0.3) is 0 Å². The molecule has 0 aliphatic heterocycles.